The smallest absolute Gasteiger partial charge is 0.267 e. The number of carbonyl (C=O) groups excluding carboxylic acids is 1. The van der Waals surface area contributed by atoms with Gasteiger partial charge in [0.05, 0.1) is 11.4 Å². The summed E-state index contributed by atoms with van der Waals surface area (Å²) in [5.74, 6) is 2.18. The molecule has 0 radical (unpaired) electrons. The second kappa shape index (κ2) is 7.65. The van der Waals surface area contributed by atoms with Crippen LogP contribution in [0.2, 0.25) is 5.02 Å². The molecule has 0 amide bonds. The zero-order valence-electron chi connectivity index (χ0n) is 15.0. The minimum absolute atomic E-state index is 0.104. The molecule has 0 aliphatic carbocycles. The fraction of sp³-hybridized carbons (Fsp3) is 0.190. The van der Waals surface area contributed by atoms with E-state index in [1.807, 2.05) is 19.9 Å². The molecule has 0 saturated heterocycles. The average Bonchev–Trinajstić information content (AvgIpc) is 3.05. The van der Waals surface area contributed by atoms with Gasteiger partial charge in [0.2, 0.25) is 5.78 Å². The summed E-state index contributed by atoms with van der Waals surface area (Å²) in [6.45, 7) is 3.95. The number of halogens is 1. The van der Waals surface area contributed by atoms with E-state index in [4.69, 9.17) is 18.0 Å². The van der Waals surface area contributed by atoms with Gasteiger partial charge in [-0.05, 0) is 48.9 Å². The topological polar surface area (TPSA) is 67.8 Å². The van der Waals surface area contributed by atoms with Crippen molar-refractivity contribution in [1.29, 1.82) is 0 Å². The van der Waals surface area contributed by atoms with E-state index >= 15 is 0 Å². The van der Waals surface area contributed by atoms with Gasteiger partial charge in [-0.25, -0.2) is 4.68 Å². The highest BCUT2D eigenvalue weighted by molar-refractivity contribution is 6.30. The van der Waals surface area contributed by atoms with E-state index in [1.165, 1.54) is 10.7 Å². The Labute approximate surface area is 162 Å². The molecular weight excluding hydrogens is 362 g/mol. The lowest BCUT2D eigenvalue weighted by molar-refractivity contribution is 0.103. The summed E-state index contributed by atoms with van der Waals surface area (Å²) < 4.78 is 1.25. The molecule has 3 rings (SSSR count). The Morgan fingerprint density at radius 2 is 2.00 bits per heavy atom. The number of terminal acetylenes is 1. The van der Waals surface area contributed by atoms with Crippen molar-refractivity contribution in [1.82, 2.24) is 14.8 Å². The van der Waals surface area contributed by atoms with Gasteiger partial charge in [0.1, 0.15) is 6.54 Å². The Morgan fingerprint density at radius 1 is 1.30 bits per heavy atom. The van der Waals surface area contributed by atoms with Gasteiger partial charge in [0, 0.05) is 28.3 Å². The van der Waals surface area contributed by atoms with E-state index in [0.29, 0.717) is 22.0 Å². The lowest BCUT2D eigenvalue weighted by Crippen LogP contribution is -2.23. The molecule has 0 spiro atoms. The second-order valence-electron chi connectivity index (χ2n) is 6.30. The number of aromatic amines is 1. The van der Waals surface area contributed by atoms with Crippen LogP contribution in [0.15, 0.2) is 47.3 Å². The minimum Gasteiger partial charge on any atom is -0.355 e. The summed E-state index contributed by atoms with van der Waals surface area (Å²) >= 11 is 5.89. The van der Waals surface area contributed by atoms with Crippen molar-refractivity contribution in [2.24, 2.45) is 0 Å². The quantitative estimate of drug-likeness (QED) is 0.544. The van der Waals surface area contributed by atoms with Gasteiger partial charge < -0.3 is 4.98 Å². The van der Waals surface area contributed by atoms with Crippen LogP contribution in [0.4, 0.5) is 0 Å². The molecule has 2 heterocycles. The van der Waals surface area contributed by atoms with Crippen LogP contribution in [0.25, 0.3) is 0 Å². The molecule has 3 aromatic rings. The van der Waals surface area contributed by atoms with E-state index in [1.54, 1.807) is 30.3 Å². The number of nitrogens with zero attached hydrogens (tertiary/aromatic N) is 2. The maximum atomic E-state index is 12.8. The minimum atomic E-state index is -0.245. The SMILES string of the molecule is C#CCn1nc(C(C)c2cc(C)c(C(=O)c3ccc(Cl)cc3)[nH]2)ccc1=O. The first-order chi connectivity index (χ1) is 12.9. The molecule has 1 aromatic carbocycles. The van der Waals surface area contributed by atoms with Crippen molar-refractivity contribution in [2.45, 2.75) is 26.3 Å². The molecule has 1 unspecified atom stereocenters. The number of aryl methyl sites for hydroxylation is 1. The molecule has 0 aliphatic heterocycles. The summed E-state index contributed by atoms with van der Waals surface area (Å²) in [7, 11) is 0. The van der Waals surface area contributed by atoms with Gasteiger partial charge in [0.25, 0.3) is 5.56 Å². The molecule has 1 atom stereocenters. The highest BCUT2D eigenvalue weighted by atomic mass is 35.5. The van der Waals surface area contributed by atoms with Gasteiger partial charge >= 0.3 is 0 Å². The molecule has 5 nitrogen and oxygen atoms in total. The van der Waals surface area contributed by atoms with Gasteiger partial charge in [-0.2, -0.15) is 5.10 Å². The monoisotopic (exact) mass is 379 g/mol. The summed E-state index contributed by atoms with van der Waals surface area (Å²) in [6.07, 6.45) is 5.29. The lowest BCUT2D eigenvalue weighted by Gasteiger charge is -2.11. The molecule has 27 heavy (non-hydrogen) atoms. The summed E-state index contributed by atoms with van der Waals surface area (Å²) in [5.41, 5.74) is 3.21. The van der Waals surface area contributed by atoms with Crippen molar-refractivity contribution in [3.8, 4) is 12.3 Å². The maximum Gasteiger partial charge on any atom is 0.267 e. The van der Waals surface area contributed by atoms with Crippen LogP contribution in [0.5, 0.6) is 0 Å². The fourth-order valence-corrected chi connectivity index (χ4v) is 2.98. The third kappa shape index (κ3) is 3.86. The van der Waals surface area contributed by atoms with E-state index < -0.39 is 0 Å². The van der Waals surface area contributed by atoms with Crippen molar-refractivity contribution in [3.05, 3.63) is 86.0 Å². The number of ketones is 1. The number of aromatic nitrogens is 3. The molecule has 0 saturated carbocycles. The molecule has 136 valence electrons. The summed E-state index contributed by atoms with van der Waals surface area (Å²) in [5, 5.41) is 4.91. The number of hydrogen-bond donors (Lipinski definition) is 1. The predicted octanol–water partition coefficient (Wildman–Crippen LogP) is 3.55. The van der Waals surface area contributed by atoms with E-state index in [0.717, 1.165) is 11.3 Å². The number of H-pyrrole nitrogens is 1. The first-order valence-corrected chi connectivity index (χ1v) is 8.79. The van der Waals surface area contributed by atoms with Crippen LogP contribution in [0.3, 0.4) is 0 Å². The zero-order chi connectivity index (χ0) is 19.6. The van der Waals surface area contributed by atoms with E-state index in [9.17, 15) is 9.59 Å². The highest BCUT2D eigenvalue weighted by Crippen LogP contribution is 2.25. The van der Waals surface area contributed by atoms with Gasteiger partial charge in [-0.15, -0.1) is 6.42 Å². The summed E-state index contributed by atoms with van der Waals surface area (Å²) in [4.78, 5) is 27.8. The van der Waals surface area contributed by atoms with E-state index in [-0.39, 0.29) is 23.8 Å². The second-order valence-corrected chi connectivity index (χ2v) is 6.74. The lowest BCUT2D eigenvalue weighted by atomic mass is 10.0. The predicted molar refractivity (Wildman–Crippen MR) is 105 cm³/mol. The summed E-state index contributed by atoms with van der Waals surface area (Å²) in [6, 6.07) is 11.8. The number of carbonyl (C=O) groups is 1. The van der Waals surface area contributed by atoms with Crippen molar-refractivity contribution < 1.29 is 4.79 Å². The van der Waals surface area contributed by atoms with E-state index in [2.05, 4.69) is 16.0 Å². The standard InChI is InChI=1S/C21H18ClN3O2/c1-4-11-25-19(26)10-9-17(24-25)14(3)18-12-13(2)20(23-18)21(27)15-5-7-16(22)8-6-15/h1,5-10,12,14,23H,11H2,2-3H3. The third-order valence-electron chi connectivity index (χ3n) is 4.41. The zero-order valence-corrected chi connectivity index (χ0v) is 15.7. The number of nitrogens with one attached hydrogen (secondary N) is 1. The van der Waals surface area contributed by atoms with Crippen LogP contribution in [0, 0.1) is 19.3 Å². The Morgan fingerprint density at radius 3 is 2.67 bits per heavy atom. The first-order valence-electron chi connectivity index (χ1n) is 8.42. The van der Waals surface area contributed by atoms with Crippen molar-refractivity contribution in [3.63, 3.8) is 0 Å². The Hall–Kier alpha value is -3.10. The van der Waals surface area contributed by atoms with Crippen LogP contribution < -0.4 is 5.56 Å². The average molecular weight is 380 g/mol. The number of rotatable bonds is 5. The highest BCUT2D eigenvalue weighted by Gasteiger charge is 2.19. The Kier molecular flexibility index (Phi) is 5.29. The van der Waals surface area contributed by atoms with Crippen molar-refractivity contribution in [2.75, 3.05) is 0 Å². The Bertz CT molecular complexity index is 1090. The van der Waals surface area contributed by atoms with Crippen molar-refractivity contribution >= 4 is 17.4 Å². The molecule has 6 heteroatoms. The maximum absolute atomic E-state index is 12.8. The van der Waals surface area contributed by atoms with Gasteiger partial charge in [-0.1, -0.05) is 24.4 Å². The van der Waals surface area contributed by atoms with Crippen LogP contribution in [0.1, 0.15) is 45.8 Å². The van der Waals surface area contributed by atoms with Crippen LogP contribution >= 0.6 is 11.6 Å². The first kappa shape index (κ1) is 18.7. The molecule has 0 aliphatic rings. The largest absolute Gasteiger partial charge is 0.355 e. The molecule has 1 N–H and O–H groups in total. The molecule has 0 bridgehead atoms. The third-order valence-corrected chi connectivity index (χ3v) is 4.66. The Balaban J connectivity index is 1.93. The van der Waals surface area contributed by atoms with Crippen LogP contribution in [-0.2, 0) is 6.54 Å². The van der Waals surface area contributed by atoms with Crippen LogP contribution in [-0.4, -0.2) is 20.5 Å². The normalized spacial score (nSPS) is 11.8. The molecular formula is C21H18ClN3O2. The molecule has 2 aromatic heterocycles. The number of hydrogen-bond acceptors (Lipinski definition) is 3. The van der Waals surface area contributed by atoms with Gasteiger partial charge in [-0.3, -0.25) is 9.59 Å². The molecule has 0 fully saturated rings. The van der Waals surface area contributed by atoms with Gasteiger partial charge in [0.15, 0.2) is 0 Å². The number of benzene rings is 1. The fourth-order valence-electron chi connectivity index (χ4n) is 2.85.